The van der Waals surface area contributed by atoms with Gasteiger partial charge in [0.05, 0.1) is 6.04 Å². The van der Waals surface area contributed by atoms with E-state index in [4.69, 9.17) is 16.3 Å². The quantitative estimate of drug-likeness (QED) is 0.323. The first-order chi connectivity index (χ1) is 17.3. The van der Waals surface area contributed by atoms with Crippen molar-refractivity contribution in [1.82, 2.24) is 4.90 Å². The van der Waals surface area contributed by atoms with Crippen molar-refractivity contribution in [1.29, 1.82) is 0 Å². The summed E-state index contributed by atoms with van der Waals surface area (Å²) in [5.74, 6) is -1.84. The number of benzene rings is 3. The molecule has 36 heavy (non-hydrogen) atoms. The highest BCUT2D eigenvalue weighted by Crippen LogP contribution is 2.44. The summed E-state index contributed by atoms with van der Waals surface area (Å²) >= 11 is 9.58. The van der Waals surface area contributed by atoms with Crippen molar-refractivity contribution < 1.29 is 23.8 Å². The number of hydrogen-bond acceptors (Lipinski definition) is 3. The van der Waals surface area contributed by atoms with Crippen LogP contribution in [0.15, 0.2) is 77.3 Å². The lowest BCUT2D eigenvalue weighted by atomic mass is 9.88. The monoisotopic (exact) mass is 573 g/mol. The van der Waals surface area contributed by atoms with E-state index in [9.17, 15) is 19.1 Å². The average molecular weight is 575 g/mol. The molecule has 1 amide bonds. The van der Waals surface area contributed by atoms with Crippen LogP contribution in [0, 0.1) is 5.82 Å². The van der Waals surface area contributed by atoms with Crippen LogP contribution >= 0.6 is 27.5 Å². The number of nitrogens with zero attached hydrogens (tertiary/aromatic N) is 1. The lowest BCUT2D eigenvalue weighted by Gasteiger charge is -2.47. The van der Waals surface area contributed by atoms with Gasteiger partial charge in [-0.25, -0.2) is 9.18 Å². The predicted octanol–water partition coefficient (Wildman–Crippen LogP) is 6.75. The van der Waals surface area contributed by atoms with Gasteiger partial charge in [0.15, 0.2) is 0 Å². The summed E-state index contributed by atoms with van der Waals surface area (Å²) in [5.41, 5.74) is 2.25. The van der Waals surface area contributed by atoms with Crippen molar-refractivity contribution in [2.75, 3.05) is 0 Å². The predicted molar refractivity (Wildman–Crippen MR) is 139 cm³/mol. The fraction of sp³-hybridized carbons (Fsp3) is 0.286. The second-order valence-electron chi connectivity index (χ2n) is 8.81. The van der Waals surface area contributed by atoms with Gasteiger partial charge < -0.3 is 14.7 Å². The maximum atomic E-state index is 13.9. The molecule has 8 heteroatoms. The number of hydrogen-bond donors (Lipinski definition) is 1. The Balaban J connectivity index is 1.84. The number of carboxylic acids is 1. The van der Waals surface area contributed by atoms with E-state index in [1.807, 2.05) is 43.3 Å². The minimum Gasteiger partial charge on any atom is -0.480 e. The van der Waals surface area contributed by atoms with Gasteiger partial charge in [0.25, 0.3) is 5.91 Å². The van der Waals surface area contributed by atoms with Crippen LogP contribution in [0.5, 0.6) is 0 Å². The molecular weight excluding hydrogens is 549 g/mol. The van der Waals surface area contributed by atoms with Gasteiger partial charge >= 0.3 is 5.97 Å². The Labute approximate surface area is 223 Å². The second kappa shape index (κ2) is 11.5. The Hall–Kier alpha value is -2.74. The molecule has 1 heterocycles. The number of carboxylic acid groups (broad SMARTS) is 1. The first-order valence-electron chi connectivity index (χ1n) is 11.7. The molecule has 0 bridgehead atoms. The maximum absolute atomic E-state index is 13.9. The molecule has 4 rings (SSSR count). The van der Waals surface area contributed by atoms with Gasteiger partial charge in [-0.05, 0) is 59.5 Å². The zero-order chi connectivity index (χ0) is 25.8. The fourth-order valence-electron chi connectivity index (χ4n) is 4.64. The number of aliphatic carboxylic acids is 1. The Morgan fingerprint density at radius 3 is 2.25 bits per heavy atom. The largest absolute Gasteiger partial charge is 0.480 e. The zero-order valence-electron chi connectivity index (χ0n) is 19.6. The minimum atomic E-state index is -1.07. The Morgan fingerprint density at radius 1 is 1.06 bits per heavy atom. The molecular formula is C28H26BrClFNO4. The van der Waals surface area contributed by atoms with Crippen LogP contribution in [0.2, 0.25) is 5.02 Å². The number of halogens is 3. The molecule has 5 nitrogen and oxygen atoms in total. The van der Waals surface area contributed by atoms with Gasteiger partial charge in [0.1, 0.15) is 24.1 Å². The molecule has 1 aliphatic rings. The van der Waals surface area contributed by atoms with Crippen LogP contribution in [0.3, 0.4) is 0 Å². The van der Waals surface area contributed by atoms with Crippen LogP contribution < -0.4 is 0 Å². The van der Waals surface area contributed by atoms with E-state index in [2.05, 4.69) is 15.9 Å². The van der Waals surface area contributed by atoms with E-state index in [0.717, 1.165) is 15.6 Å². The van der Waals surface area contributed by atoms with Crippen LogP contribution in [0.1, 0.15) is 48.6 Å². The standard InChI is InChI=1S/C28H26BrClFNO4/c1-2-3-23(28(34)35)32-25(18-6-10-20(29)11-7-18)26(19-8-12-21(30)13-9-19)36-24(27(32)33)16-17-4-14-22(31)15-5-17/h4-15,23-26H,2-3,16H2,1H3,(H,34,35)/t23-,24+,25-,26+/m0/s1. The van der Waals surface area contributed by atoms with Gasteiger partial charge in [-0.2, -0.15) is 0 Å². The molecule has 4 atom stereocenters. The van der Waals surface area contributed by atoms with E-state index in [0.29, 0.717) is 23.4 Å². The summed E-state index contributed by atoms with van der Waals surface area (Å²) < 4.78 is 20.8. The molecule has 1 saturated heterocycles. The normalized spacial score (nSPS) is 20.8. The van der Waals surface area contributed by atoms with Crippen molar-refractivity contribution in [3.05, 3.63) is 105 Å². The van der Waals surface area contributed by atoms with Gasteiger partial charge in [0, 0.05) is 15.9 Å². The van der Waals surface area contributed by atoms with Crippen molar-refractivity contribution in [3.8, 4) is 0 Å². The second-order valence-corrected chi connectivity index (χ2v) is 10.2. The molecule has 0 aromatic heterocycles. The molecule has 0 aliphatic carbocycles. The van der Waals surface area contributed by atoms with Crippen molar-refractivity contribution in [3.63, 3.8) is 0 Å². The minimum absolute atomic E-state index is 0.186. The summed E-state index contributed by atoms with van der Waals surface area (Å²) in [6.07, 6.45) is -0.523. The molecule has 0 spiro atoms. The van der Waals surface area contributed by atoms with Crippen molar-refractivity contribution >= 4 is 39.4 Å². The third-order valence-electron chi connectivity index (χ3n) is 6.35. The highest BCUT2D eigenvalue weighted by Gasteiger charge is 2.48. The van der Waals surface area contributed by atoms with E-state index < -0.39 is 36.2 Å². The molecule has 0 saturated carbocycles. The number of carbonyl (C=O) groups is 2. The Morgan fingerprint density at radius 2 is 1.67 bits per heavy atom. The number of ether oxygens (including phenoxy) is 1. The molecule has 1 N–H and O–H groups in total. The van der Waals surface area contributed by atoms with E-state index in [1.165, 1.54) is 17.0 Å². The maximum Gasteiger partial charge on any atom is 0.326 e. The summed E-state index contributed by atoms with van der Waals surface area (Å²) in [6.45, 7) is 1.89. The topological polar surface area (TPSA) is 66.8 Å². The first kappa shape index (κ1) is 26.3. The summed E-state index contributed by atoms with van der Waals surface area (Å²) in [7, 11) is 0. The van der Waals surface area contributed by atoms with Gasteiger partial charge in [-0.1, -0.05) is 77.3 Å². The molecule has 188 valence electrons. The molecule has 1 fully saturated rings. The average Bonchev–Trinajstić information content (AvgIpc) is 2.86. The Bertz CT molecular complexity index is 1200. The third kappa shape index (κ3) is 5.80. The van der Waals surface area contributed by atoms with E-state index in [1.54, 1.807) is 24.3 Å². The number of carbonyl (C=O) groups excluding carboxylic acids is 1. The molecule has 3 aromatic carbocycles. The molecule has 3 aromatic rings. The van der Waals surface area contributed by atoms with Crippen LogP contribution in [-0.2, 0) is 20.7 Å². The summed E-state index contributed by atoms with van der Waals surface area (Å²) in [6, 6.07) is 18.8. The highest BCUT2D eigenvalue weighted by molar-refractivity contribution is 9.10. The lowest BCUT2D eigenvalue weighted by molar-refractivity contribution is -0.184. The molecule has 0 unspecified atom stereocenters. The van der Waals surface area contributed by atoms with Crippen LogP contribution in [0.4, 0.5) is 4.39 Å². The third-order valence-corrected chi connectivity index (χ3v) is 7.14. The van der Waals surface area contributed by atoms with Crippen LogP contribution in [-0.4, -0.2) is 34.0 Å². The number of morpholine rings is 1. The summed E-state index contributed by atoms with van der Waals surface area (Å²) in [5, 5.41) is 10.7. The highest BCUT2D eigenvalue weighted by atomic mass is 79.9. The molecule has 1 aliphatic heterocycles. The smallest absolute Gasteiger partial charge is 0.326 e. The summed E-state index contributed by atoms with van der Waals surface area (Å²) in [4.78, 5) is 27.9. The Kier molecular flexibility index (Phi) is 8.44. The van der Waals surface area contributed by atoms with E-state index in [-0.39, 0.29) is 12.2 Å². The fourth-order valence-corrected chi connectivity index (χ4v) is 5.03. The SMILES string of the molecule is CCC[C@@H](C(=O)O)N1C(=O)[C@@H](Cc2ccc(F)cc2)O[C@H](c2ccc(Cl)cc2)[C@@H]1c1ccc(Br)cc1. The lowest BCUT2D eigenvalue weighted by Crippen LogP contribution is -2.57. The number of amides is 1. The van der Waals surface area contributed by atoms with Gasteiger partial charge in [-0.3, -0.25) is 4.79 Å². The van der Waals surface area contributed by atoms with Crippen LogP contribution in [0.25, 0.3) is 0 Å². The van der Waals surface area contributed by atoms with E-state index >= 15 is 0 Å². The number of rotatable bonds is 8. The first-order valence-corrected chi connectivity index (χ1v) is 12.9. The molecule has 0 radical (unpaired) electrons. The van der Waals surface area contributed by atoms with Crippen molar-refractivity contribution in [2.24, 2.45) is 0 Å². The van der Waals surface area contributed by atoms with Crippen molar-refractivity contribution in [2.45, 2.75) is 50.5 Å². The zero-order valence-corrected chi connectivity index (χ0v) is 22.0. The van der Waals surface area contributed by atoms with Gasteiger partial charge in [-0.15, -0.1) is 0 Å². The van der Waals surface area contributed by atoms with Gasteiger partial charge in [0.2, 0.25) is 0 Å².